The first-order valence-corrected chi connectivity index (χ1v) is 6.89. The fraction of sp³-hybridized carbons (Fsp3) is 0.167. The summed E-state index contributed by atoms with van der Waals surface area (Å²) >= 11 is 0. The Kier molecular flexibility index (Phi) is 3.26. The van der Waals surface area contributed by atoms with E-state index >= 15 is 0 Å². The molecule has 1 amide bonds. The molecule has 2 aromatic rings. The Labute approximate surface area is 124 Å². The van der Waals surface area contributed by atoms with Gasteiger partial charge in [-0.2, -0.15) is 0 Å². The van der Waals surface area contributed by atoms with Crippen LogP contribution >= 0.6 is 0 Å². The molecule has 21 heavy (non-hydrogen) atoms. The molecule has 106 valence electrons. The lowest BCUT2D eigenvalue weighted by Crippen LogP contribution is -2.35. The van der Waals surface area contributed by atoms with Crippen molar-refractivity contribution in [2.24, 2.45) is 0 Å². The highest BCUT2D eigenvalue weighted by molar-refractivity contribution is 6.08. The zero-order chi connectivity index (χ0) is 14.9. The van der Waals surface area contributed by atoms with Crippen LogP contribution in [0.25, 0.3) is 0 Å². The Morgan fingerprint density at radius 2 is 1.90 bits per heavy atom. The molecule has 1 aliphatic heterocycles. The number of allylic oxidation sites excluding steroid dienone is 1. The van der Waals surface area contributed by atoms with Crippen molar-refractivity contribution < 1.29 is 9.53 Å². The summed E-state index contributed by atoms with van der Waals surface area (Å²) in [4.78, 5) is 12.7. The van der Waals surface area contributed by atoms with E-state index in [-0.39, 0.29) is 5.91 Å². The fourth-order valence-electron chi connectivity index (χ4n) is 3.01. The number of carbonyl (C=O) groups excluding carboxylic acids is 1. The van der Waals surface area contributed by atoms with Crippen molar-refractivity contribution in [2.45, 2.75) is 11.8 Å². The zero-order valence-electron chi connectivity index (χ0n) is 11.9. The molecular weight excluding hydrogens is 262 g/mol. The van der Waals surface area contributed by atoms with Crippen LogP contribution in [-0.4, -0.2) is 13.0 Å². The van der Waals surface area contributed by atoms with Gasteiger partial charge in [0.25, 0.3) is 0 Å². The van der Waals surface area contributed by atoms with Crippen LogP contribution in [0.1, 0.15) is 17.5 Å². The number of para-hydroxylation sites is 1. The third kappa shape index (κ3) is 1.93. The molecule has 0 bridgehead atoms. The monoisotopic (exact) mass is 279 g/mol. The van der Waals surface area contributed by atoms with E-state index in [4.69, 9.17) is 4.74 Å². The van der Waals surface area contributed by atoms with Gasteiger partial charge in [0, 0.05) is 5.69 Å². The summed E-state index contributed by atoms with van der Waals surface area (Å²) in [5.74, 6) is 0.771. The van der Waals surface area contributed by atoms with Crippen molar-refractivity contribution in [2.75, 3.05) is 12.4 Å². The Balaban J connectivity index is 2.20. The lowest BCUT2D eigenvalue weighted by atomic mass is 9.73. The summed E-state index contributed by atoms with van der Waals surface area (Å²) in [5.41, 5.74) is 2.12. The topological polar surface area (TPSA) is 38.3 Å². The molecule has 0 fully saturated rings. The number of anilines is 1. The number of nitrogens with one attached hydrogen (secondary N) is 1. The van der Waals surface area contributed by atoms with Crippen molar-refractivity contribution in [1.29, 1.82) is 0 Å². The highest BCUT2D eigenvalue weighted by Crippen LogP contribution is 2.45. The molecule has 1 N–H and O–H groups in total. The maximum Gasteiger partial charge on any atom is 0.239 e. The second kappa shape index (κ2) is 5.09. The van der Waals surface area contributed by atoms with Crippen LogP contribution in [0.2, 0.25) is 0 Å². The van der Waals surface area contributed by atoms with E-state index in [1.54, 1.807) is 13.2 Å². The molecule has 3 nitrogen and oxygen atoms in total. The van der Waals surface area contributed by atoms with Gasteiger partial charge in [-0.3, -0.25) is 4.79 Å². The average Bonchev–Trinajstić information content (AvgIpc) is 2.81. The maximum absolute atomic E-state index is 12.7. The fourth-order valence-corrected chi connectivity index (χ4v) is 3.01. The van der Waals surface area contributed by atoms with E-state index < -0.39 is 5.41 Å². The van der Waals surface area contributed by atoms with Crippen LogP contribution in [-0.2, 0) is 10.2 Å². The van der Waals surface area contributed by atoms with Crippen LogP contribution in [0.3, 0.4) is 0 Å². The first-order chi connectivity index (χ1) is 10.2. The van der Waals surface area contributed by atoms with E-state index in [1.807, 2.05) is 48.5 Å². The van der Waals surface area contributed by atoms with Gasteiger partial charge in [-0.15, -0.1) is 6.58 Å². The van der Waals surface area contributed by atoms with Crippen molar-refractivity contribution in [3.05, 3.63) is 72.3 Å². The maximum atomic E-state index is 12.7. The lowest BCUT2D eigenvalue weighted by Gasteiger charge is -2.27. The summed E-state index contributed by atoms with van der Waals surface area (Å²) in [7, 11) is 1.63. The molecule has 0 radical (unpaired) electrons. The van der Waals surface area contributed by atoms with E-state index in [0.717, 1.165) is 22.6 Å². The number of hydrogen-bond acceptors (Lipinski definition) is 2. The highest BCUT2D eigenvalue weighted by atomic mass is 16.5. The predicted molar refractivity (Wildman–Crippen MR) is 83.7 cm³/mol. The SMILES string of the molecule is C=CCC1(c2ccc(OC)cc2)C(=O)Nc2ccccc21. The molecule has 1 heterocycles. The molecule has 0 aliphatic carbocycles. The molecule has 0 saturated carbocycles. The minimum absolute atomic E-state index is 0.00577. The van der Waals surface area contributed by atoms with Crippen LogP contribution in [0.5, 0.6) is 5.75 Å². The number of carbonyl (C=O) groups is 1. The number of fused-ring (bicyclic) bond motifs is 1. The number of hydrogen-bond donors (Lipinski definition) is 1. The van der Waals surface area contributed by atoms with Gasteiger partial charge in [0.05, 0.1) is 7.11 Å². The molecule has 3 rings (SSSR count). The number of methoxy groups -OCH3 is 1. The number of rotatable bonds is 4. The van der Waals surface area contributed by atoms with Crippen molar-refractivity contribution in [3.8, 4) is 5.75 Å². The molecule has 0 spiro atoms. The highest BCUT2D eigenvalue weighted by Gasteiger charge is 2.47. The molecular formula is C18H17NO2. The van der Waals surface area contributed by atoms with E-state index in [1.165, 1.54) is 0 Å². The normalized spacial score (nSPS) is 19.8. The minimum Gasteiger partial charge on any atom is -0.497 e. The van der Waals surface area contributed by atoms with Gasteiger partial charge in [0.15, 0.2) is 0 Å². The van der Waals surface area contributed by atoms with Gasteiger partial charge < -0.3 is 10.1 Å². The quantitative estimate of drug-likeness (QED) is 0.870. The molecule has 2 aromatic carbocycles. The lowest BCUT2D eigenvalue weighted by molar-refractivity contribution is -0.119. The minimum atomic E-state index is -0.704. The van der Waals surface area contributed by atoms with E-state index in [9.17, 15) is 4.79 Å². The zero-order valence-corrected chi connectivity index (χ0v) is 11.9. The Morgan fingerprint density at radius 3 is 2.57 bits per heavy atom. The standard InChI is InChI=1S/C18H17NO2/c1-3-12-18(13-8-10-14(21-2)11-9-13)15-6-4-5-7-16(15)19-17(18)20/h3-11H,1,12H2,2H3,(H,19,20). The van der Waals surface area contributed by atoms with Crippen molar-refractivity contribution >= 4 is 11.6 Å². The third-order valence-corrected chi connectivity index (χ3v) is 4.06. The number of benzene rings is 2. The van der Waals surface area contributed by atoms with Crippen LogP contribution in [0.15, 0.2) is 61.2 Å². The van der Waals surface area contributed by atoms with Gasteiger partial charge in [-0.25, -0.2) is 0 Å². The second-order valence-corrected chi connectivity index (χ2v) is 5.13. The predicted octanol–water partition coefficient (Wildman–Crippen LogP) is 3.51. The molecule has 3 heteroatoms. The van der Waals surface area contributed by atoms with E-state index in [0.29, 0.717) is 6.42 Å². The summed E-state index contributed by atoms with van der Waals surface area (Å²) in [6, 6.07) is 15.5. The Morgan fingerprint density at radius 1 is 1.19 bits per heavy atom. The first kappa shape index (κ1) is 13.4. The molecule has 0 saturated heterocycles. The van der Waals surface area contributed by atoms with Crippen molar-refractivity contribution in [1.82, 2.24) is 0 Å². The number of amides is 1. The summed E-state index contributed by atoms with van der Waals surface area (Å²) in [6.07, 6.45) is 2.36. The number of ether oxygens (including phenoxy) is 1. The summed E-state index contributed by atoms with van der Waals surface area (Å²) < 4.78 is 5.20. The van der Waals surface area contributed by atoms with Gasteiger partial charge in [-0.05, 0) is 35.7 Å². The summed E-state index contributed by atoms with van der Waals surface area (Å²) in [6.45, 7) is 3.83. The van der Waals surface area contributed by atoms with Gasteiger partial charge in [0.1, 0.15) is 11.2 Å². The second-order valence-electron chi connectivity index (χ2n) is 5.13. The van der Waals surface area contributed by atoms with Gasteiger partial charge in [0.2, 0.25) is 5.91 Å². The van der Waals surface area contributed by atoms with Crippen LogP contribution < -0.4 is 10.1 Å². The smallest absolute Gasteiger partial charge is 0.239 e. The molecule has 1 unspecified atom stereocenters. The van der Waals surface area contributed by atoms with E-state index in [2.05, 4.69) is 11.9 Å². The van der Waals surface area contributed by atoms with Gasteiger partial charge >= 0.3 is 0 Å². The first-order valence-electron chi connectivity index (χ1n) is 6.89. The largest absolute Gasteiger partial charge is 0.497 e. The Hall–Kier alpha value is -2.55. The van der Waals surface area contributed by atoms with Crippen molar-refractivity contribution in [3.63, 3.8) is 0 Å². The van der Waals surface area contributed by atoms with Gasteiger partial charge in [-0.1, -0.05) is 36.4 Å². The molecule has 1 atom stereocenters. The Bertz CT molecular complexity index is 691. The van der Waals surface area contributed by atoms with Crippen LogP contribution in [0, 0.1) is 0 Å². The third-order valence-electron chi connectivity index (χ3n) is 4.06. The summed E-state index contributed by atoms with van der Waals surface area (Å²) in [5, 5.41) is 2.98. The molecule has 1 aliphatic rings. The molecule has 0 aromatic heterocycles. The average molecular weight is 279 g/mol. The van der Waals surface area contributed by atoms with Crippen LogP contribution in [0.4, 0.5) is 5.69 Å².